The predicted molar refractivity (Wildman–Crippen MR) is 160 cm³/mol. The van der Waals surface area contributed by atoms with Crippen molar-refractivity contribution in [2.75, 3.05) is 43.1 Å². The number of pyridine rings is 1. The van der Waals surface area contributed by atoms with E-state index in [1.54, 1.807) is 6.07 Å². The minimum atomic E-state index is -5.09. The van der Waals surface area contributed by atoms with Crippen LogP contribution in [0.4, 0.5) is 42.2 Å². The third kappa shape index (κ3) is 6.54. The van der Waals surface area contributed by atoms with Gasteiger partial charge in [0, 0.05) is 37.3 Å². The van der Waals surface area contributed by atoms with E-state index in [9.17, 15) is 40.6 Å². The molecule has 0 spiro atoms. The molecule has 0 saturated carbocycles. The Morgan fingerprint density at radius 2 is 1.61 bits per heavy atom. The largest absolute Gasteiger partial charge is 0.416 e. The van der Waals surface area contributed by atoms with Crippen molar-refractivity contribution in [3.8, 4) is 11.1 Å². The molecule has 0 radical (unpaired) electrons. The Labute approximate surface area is 266 Å². The molecule has 2 atom stereocenters. The maximum atomic E-state index is 14.1. The van der Waals surface area contributed by atoms with E-state index in [2.05, 4.69) is 9.88 Å². The van der Waals surface area contributed by atoms with Gasteiger partial charge >= 0.3 is 12.4 Å². The van der Waals surface area contributed by atoms with Gasteiger partial charge in [-0.3, -0.25) is 9.69 Å². The molecular weight excluding hydrogens is 641 g/mol. The molecule has 6 nitrogen and oxygen atoms in total. The van der Waals surface area contributed by atoms with Gasteiger partial charge in [0.15, 0.2) is 0 Å². The van der Waals surface area contributed by atoms with Gasteiger partial charge in [0.05, 0.1) is 46.1 Å². The molecule has 3 aromatic rings. The minimum Gasteiger partial charge on any atom is -0.394 e. The summed E-state index contributed by atoms with van der Waals surface area (Å²) in [5, 5.41) is 10.2. The lowest BCUT2D eigenvalue weighted by atomic mass is 9.81. The number of hydrogen-bond acceptors (Lipinski definition) is 5. The lowest BCUT2D eigenvalue weighted by molar-refractivity contribution is -0.143. The number of aliphatic hydroxyl groups excluding tert-OH is 1. The predicted octanol–water partition coefficient (Wildman–Crippen LogP) is 7.16. The highest BCUT2D eigenvalue weighted by atomic mass is 35.5. The third-order valence-corrected chi connectivity index (χ3v) is 9.21. The molecule has 2 saturated heterocycles. The van der Waals surface area contributed by atoms with Crippen LogP contribution in [0.25, 0.3) is 11.1 Å². The van der Waals surface area contributed by atoms with Crippen LogP contribution in [-0.4, -0.2) is 66.3 Å². The van der Waals surface area contributed by atoms with Crippen LogP contribution in [0.15, 0.2) is 48.7 Å². The Morgan fingerprint density at radius 1 is 0.978 bits per heavy atom. The SMILES string of the molecule is CN(C(=O)C(C)(C)c1cc(C(F)(F)F)cc(C(F)(F)F)c1)c1cnc(N2C[C@@H]3CCCN3C[C@H]2CO)cc1-c1ccc(F)cc1Cl. The number of benzene rings is 2. The monoisotopic (exact) mass is 672 g/mol. The highest BCUT2D eigenvalue weighted by molar-refractivity contribution is 6.33. The zero-order chi connectivity index (χ0) is 33.8. The summed E-state index contributed by atoms with van der Waals surface area (Å²) in [5.74, 6) is -0.989. The number of amides is 1. The standard InChI is InChI=1S/C32H32ClF7N4O2/c1-30(2,18-9-19(31(35,36)37)11-20(10-18)32(38,39)40)29(46)42(3)27-14-41-28(13-25(27)24-7-6-21(34)12-26(24)33)44-16-22-5-4-8-43(22)15-23(44)17-45/h6-7,9-14,22-23,45H,4-5,8,15-17H2,1-3H3/t22-,23-/m0/s1. The average molecular weight is 673 g/mol. The molecule has 248 valence electrons. The fraction of sp³-hybridized carbons (Fsp3) is 0.438. The van der Waals surface area contributed by atoms with Gasteiger partial charge in [0.1, 0.15) is 11.6 Å². The molecule has 5 rings (SSSR count). The van der Waals surface area contributed by atoms with Crippen LogP contribution in [0.2, 0.25) is 5.02 Å². The maximum absolute atomic E-state index is 14.1. The first-order chi connectivity index (χ1) is 21.4. The third-order valence-electron chi connectivity index (χ3n) is 8.90. The van der Waals surface area contributed by atoms with Crippen molar-refractivity contribution in [1.82, 2.24) is 9.88 Å². The molecule has 46 heavy (non-hydrogen) atoms. The first-order valence-electron chi connectivity index (χ1n) is 14.6. The number of piperazine rings is 1. The van der Waals surface area contributed by atoms with E-state index < -0.39 is 46.2 Å². The Morgan fingerprint density at radius 3 is 2.20 bits per heavy atom. The number of likely N-dealkylation sites (N-methyl/N-ethyl adjacent to an activating group) is 1. The number of aliphatic hydroxyl groups is 1. The van der Waals surface area contributed by atoms with Gasteiger partial charge in [-0.05, 0) is 81.3 Å². The van der Waals surface area contributed by atoms with Crippen LogP contribution in [0.5, 0.6) is 0 Å². The average Bonchev–Trinajstić information content (AvgIpc) is 3.46. The summed E-state index contributed by atoms with van der Waals surface area (Å²) >= 11 is 6.46. The Bertz CT molecular complexity index is 1600. The second kappa shape index (κ2) is 12.3. The van der Waals surface area contributed by atoms with Crippen molar-refractivity contribution in [3.05, 3.63) is 76.2 Å². The highest BCUT2D eigenvalue weighted by Gasteiger charge is 2.42. The minimum absolute atomic E-state index is 0.00512. The van der Waals surface area contributed by atoms with E-state index in [0.717, 1.165) is 30.4 Å². The van der Waals surface area contributed by atoms with Crippen molar-refractivity contribution < 1.29 is 40.6 Å². The van der Waals surface area contributed by atoms with E-state index in [1.807, 2.05) is 4.90 Å². The molecule has 2 aromatic carbocycles. The number of carbonyl (C=O) groups excluding carboxylic acids is 1. The lowest BCUT2D eigenvalue weighted by Crippen LogP contribution is -2.57. The number of nitrogens with zero attached hydrogens (tertiary/aromatic N) is 4. The summed E-state index contributed by atoms with van der Waals surface area (Å²) in [4.78, 5) is 24.0. The van der Waals surface area contributed by atoms with Crippen molar-refractivity contribution in [1.29, 1.82) is 0 Å². The summed E-state index contributed by atoms with van der Waals surface area (Å²) in [5.41, 5.74) is -4.65. The van der Waals surface area contributed by atoms with Crippen LogP contribution in [0.3, 0.4) is 0 Å². The smallest absolute Gasteiger partial charge is 0.394 e. The van der Waals surface area contributed by atoms with Gasteiger partial charge in [-0.15, -0.1) is 0 Å². The number of alkyl halides is 6. The summed E-state index contributed by atoms with van der Waals surface area (Å²) in [6.07, 6.45) is -6.83. The Balaban J connectivity index is 1.59. The van der Waals surface area contributed by atoms with Gasteiger partial charge in [-0.2, -0.15) is 26.3 Å². The lowest BCUT2D eigenvalue weighted by Gasteiger charge is -2.44. The summed E-state index contributed by atoms with van der Waals surface area (Å²) in [6, 6.07) is 6.36. The van der Waals surface area contributed by atoms with Gasteiger partial charge in [0.25, 0.3) is 0 Å². The van der Waals surface area contributed by atoms with E-state index >= 15 is 0 Å². The molecule has 0 aliphatic carbocycles. The number of carbonyl (C=O) groups is 1. The molecule has 1 aromatic heterocycles. The highest BCUT2D eigenvalue weighted by Crippen LogP contribution is 2.42. The fourth-order valence-corrected chi connectivity index (χ4v) is 6.55. The van der Waals surface area contributed by atoms with Crippen molar-refractivity contribution >= 4 is 29.0 Å². The summed E-state index contributed by atoms with van der Waals surface area (Å²) < 4.78 is 95.9. The quantitative estimate of drug-likeness (QED) is 0.282. The van der Waals surface area contributed by atoms with E-state index in [4.69, 9.17) is 11.6 Å². The molecular formula is C32H32ClF7N4O2. The van der Waals surface area contributed by atoms with Gasteiger partial charge in [0.2, 0.25) is 5.91 Å². The second-order valence-corrected chi connectivity index (χ2v) is 12.7. The molecule has 2 aliphatic rings. The number of rotatable bonds is 6. The topological polar surface area (TPSA) is 59.9 Å². The zero-order valence-corrected chi connectivity index (χ0v) is 25.9. The van der Waals surface area contributed by atoms with Crippen molar-refractivity contribution in [2.45, 2.75) is 56.5 Å². The van der Waals surface area contributed by atoms with E-state index in [1.165, 1.54) is 39.2 Å². The number of anilines is 2. The number of fused-ring (bicyclic) bond motifs is 1. The molecule has 3 heterocycles. The fourth-order valence-electron chi connectivity index (χ4n) is 6.28. The first kappa shape index (κ1) is 33.9. The zero-order valence-electron chi connectivity index (χ0n) is 25.2. The molecule has 1 amide bonds. The van der Waals surface area contributed by atoms with Crippen LogP contribution in [0.1, 0.15) is 43.4 Å². The van der Waals surface area contributed by atoms with Gasteiger partial charge in [-0.1, -0.05) is 11.6 Å². The van der Waals surface area contributed by atoms with E-state index in [0.29, 0.717) is 42.2 Å². The van der Waals surface area contributed by atoms with Gasteiger partial charge < -0.3 is 14.9 Å². The molecule has 1 N–H and O–H groups in total. The Hall–Kier alpha value is -3.42. The van der Waals surface area contributed by atoms with E-state index in [-0.39, 0.29) is 35.5 Å². The van der Waals surface area contributed by atoms with Crippen LogP contribution in [0, 0.1) is 5.82 Å². The molecule has 2 fully saturated rings. The number of hydrogen-bond donors (Lipinski definition) is 1. The maximum Gasteiger partial charge on any atom is 0.416 e. The number of aromatic nitrogens is 1. The van der Waals surface area contributed by atoms with Crippen molar-refractivity contribution in [2.24, 2.45) is 0 Å². The second-order valence-electron chi connectivity index (χ2n) is 12.2. The summed E-state index contributed by atoms with van der Waals surface area (Å²) in [6.45, 7) is 4.44. The normalized spacial score (nSPS) is 19.3. The molecule has 14 heteroatoms. The van der Waals surface area contributed by atoms with Crippen molar-refractivity contribution in [3.63, 3.8) is 0 Å². The molecule has 0 bridgehead atoms. The Kier molecular flexibility index (Phi) is 9.08. The summed E-state index contributed by atoms with van der Waals surface area (Å²) in [7, 11) is 1.33. The first-order valence-corrected chi connectivity index (χ1v) is 14.9. The van der Waals surface area contributed by atoms with Gasteiger partial charge in [-0.25, -0.2) is 9.37 Å². The van der Waals surface area contributed by atoms with Crippen LogP contribution < -0.4 is 9.80 Å². The van der Waals surface area contributed by atoms with Crippen LogP contribution >= 0.6 is 11.6 Å². The van der Waals surface area contributed by atoms with Crippen LogP contribution in [-0.2, 0) is 22.6 Å². The molecule has 0 unspecified atom stereocenters. The molecule has 2 aliphatic heterocycles. The number of halogens is 8.